The van der Waals surface area contributed by atoms with Crippen LogP contribution in [-0.4, -0.2) is 36.6 Å². The molecule has 0 aromatic rings. The molecule has 0 bridgehead atoms. The smallest absolute Gasteiger partial charge is 0.0436 e. The van der Waals surface area contributed by atoms with Crippen molar-refractivity contribution in [3.05, 3.63) is 11.6 Å². The first-order valence-electron chi connectivity index (χ1n) is 7.18. The molecule has 1 fully saturated rings. The molecule has 1 atom stereocenters. The third-order valence-electron chi connectivity index (χ3n) is 4.25. The van der Waals surface area contributed by atoms with Gasteiger partial charge in [-0.1, -0.05) is 38.3 Å². The van der Waals surface area contributed by atoms with E-state index >= 15 is 0 Å². The van der Waals surface area contributed by atoms with Crippen molar-refractivity contribution in [2.75, 3.05) is 20.1 Å². The highest BCUT2D eigenvalue weighted by molar-refractivity contribution is 5.14. The van der Waals surface area contributed by atoms with E-state index in [-0.39, 0.29) is 0 Å². The Kier molecular flexibility index (Phi) is 5.68. The highest BCUT2D eigenvalue weighted by atomic mass is 15.2. The van der Waals surface area contributed by atoms with Gasteiger partial charge in [0.1, 0.15) is 0 Å². The van der Waals surface area contributed by atoms with E-state index in [9.17, 15) is 0 Å². The summed E-state index contributed by atoms with van der Waals surface area (Å²) in [4.78, 5) is 2.67. The van der Waals surface area contributed by atoms with Crippen molar-refractivity contribution in [2.24, 2.45) is 0 Å². The largest absolute Gasteiger partial charge is 0.312 e. The highest BCUT2D eigenvalue weighted by Gasteiger charge is 2.43. The molecule has 1 aliphatic rings. The van der Waals surface area contributed by atoms with Crippen molar-refractivity contribution in [2.45, 2.75) is 65.0 Å². The van der Waals surface area contributed by atoms with Crippen molar-refractivity contribution in [1.29, 1.82) is 0 Å². The van der Waals surface area contributed by atoms with Gasteiger partial charge in [-0.05, 0) is 46.8 Å². The topological polar surface area (TPSA) is 15.3 Å². The molecule has 17 heavy (non-hydrogen) atoms. The molecule has 1 saturated carbocycles. The van der Waals surface area contributed by atoms with Gasteiger partial charge in [0, 0.05) is 11.6 Å². The van der Waals surface area contributed by atoms with Crippen LogP contribution in [-0.2, 0) is 0 Å². The summed E-state index contributed by atoms with van der Waals surface area (Å²) in [7, 11) is 2.10. The van der Waals surface area contributed by atoms with Gasteiger partial charge in [0.05, 0.1) is 0 Å². The lowest BCUT2D eigenvalue weighted by molar-refractivity contribution is 0.0815. The predicted octanol–water partition coefficient (Wildman–Crippen LogP) is 3.20. The normalized spacial score (nSPS) is 20.6. The standard InChI is InChI=1S/C15H30N2/c1-6-17(7-2)15(10-8-9-11-15)14(16-5)12-13(3)4/h12,14,16H,6-11H2,1-5H3. The molecular formula is C15H30N2. The first-order valence-corrected chi connectivity index (χ1v) is 7.18. The minimum Gasteiger partial charge on any atom is -0.312 e. The van der Waals surface area contributed by atoms with Gasteiger partial charge in [0.2, 0.25) is 0 Å². The summed E-state index contributed by atoms with van der Waals surface area (Å²) >= 11 is 0. The second kappa shape index (κ2) is 6.55. The molecule has 0 saturated heterocycles. The maximum absolute atomic E-state index is 3.55. The Bertz CT molecular complexity index is 244. The van der Waals surface area contributed by atoms with Crippen LogP contribution in [0.3, 0.4) is 0 Å². The van der Waals surface area contributed by atoms with Crippen molar-refractivity contribution in [1.82, 2.24) is 10.2 Å². The zero-order chi connectivity index (χ0) is 12.9. The minimum atomic E-state index is 0.357. The number of nitrogens with one attached hydrogen (secondary N) is 1. The summed E-state index contributed by atoms with van der Waals surface area (Å²) < 4.78 is 0. The molecule has 1 unspecified atom stereocenters. The third-order valence-corrected chi connectivity index (χ3v) is 4.25. The molecule has 0 heterocycles. The number of likely N-dealkylation sites (N-methyl/N-ethyl adjacent to an activating group) is 2. The molecule has 0 aromatic carbocycles. The second-order valence-electron chi connectivity index (χ2n) is 5.49. The van der Waals surface area contributed by atoms with Crippen LogP contribution in [0.4, 0.5) is 0 Å². The van der Waals surface area contributed by atoms with Gasteiger partial charge in [-0.25, -0.2) is 0 Å². The van der Waals surface area contributed by atoms with E-state index in [4.69, 9.17) is 0 Å². The average molecular weight is 238 g/mol. The minimum absolute atomic E-state index is 0.357. The highest BCUT2D eigenvalue weighted by Crippen LogP contribution is 2.38. The van der Waals surface area contributed by atoms with Crippen LogP contribution in [0.15, 0.2) is 11.6 Å². The summed E-state index contributed by atoms with van der Waals surface area (Å²) in [6.45, 7) is 11.3. The van der Waals surface area contributed by atoms with Gasteiger partial charge in [0.25, 0.3) is 0 Å². The van der Waals surface area contributed by atoms with Crippen LogP contribution in [0.1, 0.15) is 53.4 Å². The van der Waals surface area contributed by atoms with Crippen molar-refractivity contribution >= 4 is 0 Å². The van der Waals surface area contributed by atoms with Gasteiger partial charge >= 0.3 is 0 Å². The molecule has 0 radical (unpaired) electrons. The monoisotopic (exact) mass is 238 g/mol. The molecule has 1 rings (SSSR count). The molecule has 1 aliphatic carbocycles. The van der Waals surface area contributed by atoms with Crippen LogP contribution < -0.4 is 5.32 Å². The van der Waals surface area contributed by atoms with E-state index < -0.39 is 0 Å². The van der Waals surface area contributed by atoms with E-state index in [2.05, 4.69) is 51.0 Å². The Morgan fingerprint density at radius 3 is 2.12 bits per heavy atom. The predicted molar refractivity (Wildman–Crippen MR) is 76.4 cm³/mol. The molecule has 100 valence electrons. The van der Waals surface area contributed by atoms with Crippen LogP contribution in [0, 0.1) is 0 Å². The summed E-state index contributed by atoms with van der Waals surface area (Å²) in [5.41, 5.74) is 1.78. The molecule has 0 aromatic heterocycles. The number of rotatable bonds is 6. The number of hydrogen-bond donors (Lipinski definition) is 1. The summed E-state index contributed by atoms with van der Waals surface area (Å²) in [6.07, 6.45) is 7.86. The van der Waals surface area contributed by atoms with E-state index in [1.54, 1.807) is 0 Å². The lowest BCUT2D eigenvalue weighted by Gasteiger charge is -2.45. The number of nitrogens with zero attached hydrogens (tertiary/aromatic N) is 1. The van der Waals surface area contributed by atoms with Crippen LogP contribution in [0.2, 0.25) is 0 Å². The Morgan fingerprint density at radius 2 is 1.76 bits per heavy atom. The number of hydrogen-bond acceptors (Lipinski definition) is 2. The maximum atomic E-state index is 3.55. The van der Waals surface area contributed by atoms with Gasteiger partial charge in [-0.3, -0.25) is 4.90 Å². The van der Waals surface area contributed by atoms with Crippen LogP contribution in [0.5, 0.6) is 0 Å². The quantitative estimate of drug-likeness (QED) is 0.715. The molecule has 0 spiro atoms. The van der Waals surface area contributed by atoms with Crippen LogP contribution >= 0.6 is 0 Å². The Balaban J connectivity index is 3.00. The average Bonchev–Trinajstić information content (AvgIpc) is 2.77. The van der Waals surface area contributed by atoms with E-state index in [1.807, 2.05) is 0 Å². The summed E-state index contributed by atoms with van der Waals surface area (Å²) in [5, 5.41) is 3.55. The van der Waals surface area contributed by atoms with Gasteiger partial charge in [-0.15, -0.1) is 0 Å². The zero-order valence-electron chi connectivity index (χ0n) is 12.3. The van der Waals surface area contributed by atoms with E-state index in [0.29, 0.717) is 11.6 Å². The Labute approximate surface area is 107 Å². The number of allylic oxidation sites excluding steroid dienone is 1. The van der Waals surface area contributed by atoms with E-state index in [1.165, 1.54) is 31.3 Å². The lowest BCUT2D eigenvalue weighted by Crippen LogP contribution is -2.58. The molecule has 0 aliphatic heterocycles. The first kappa shape index (κ1) is 14.7. The summed E-state index contributed by atoms with van der Waals surface area (Å²) in [5.74, 6) is 0. The van der Waals surface area contributed by atoms with Crippen molar-refractivity contribution < 1.29 is 0 Å². The van der Waals surface area contributed by atoms with Crippen molar-refractivity contribution in [3.63, 3.8) is 0 Å². The fourth-order valence-corrected chi connectivity index (χ4v) is 3.51. The van der Waals surface area contributed by atoms with Crippen molar-refractivity contribution in [3.8, 4) is 0 Å². The fraction of sp³-hybridized carbons (Fsp3) is 0.867. The Hall–Kier alpha value is -0.340. The zero-order valence-corrected chi connectivity index (χ0v) is 12.3. The molecule has 1 N–H and O–H groups in total. The molecule has 0 amide bonds. The Morgan fingerprint density at radius 1 is 1.24 bits per heavy atom. The van der Waals surface area contributed by atoms with E-state index in [0.717, 1.165) is 13.1 Å². The van der Waals surface area contributed by atoms with Gasteiger partial charge in [-0.2, -0.15) is 0 Å². The molecular weight excluding hydrogens is 208 g/mol. The second-order valence-corrected chi connectivity index (χ2v) is 5.49. The lowest BCUT2D eigenvalue weighted by atomic mass is 9.85. The van der Waals surface area contributed by atoms with Crippen LogP contribution in [0.25, 0.3) is 0 Å². The fourth-order valence-electron chi connectivity index (χ4n) is 3.51. The van der Waals surface area contributed by atoms with Gasteiger partial charge in [0.15, 0.2) is 0 Å². The summed E-state index contributed by atoms with van der Waals surface area (Å²) in [6, 6.07) is 0.495. The molecule has 2 nitrogen and oxygen atoms in total. The SMILES string of the molecule is CCN(CC)C1(C(C=C(C)C)NC)CCCC1. The van der Waals surface area contributed by atoms with Gasteiger partial charge < -0.3 is 5.32 Å². The first-order chi connectivity index (χ1) is 8.10. The third kappa shape index (κ3) is 3.11. The maximum Gasteiger partial charge on any atom is 0.0436 e. The molecule has 2 heteroatoms.